The summed E-state index contributed by atoms with van der Waals surface area (Å²) in [6.07, 6.45) is 1.90. The van der Waals surface area contributed by atoms with Crippen LogP contribution in [0.4, 0.5) is 5.95 Å². The molecule has 8 nitrogen and oxygen atoms in total. The molecular weight excluding hydrogens is 238 g/mol. The minimum absolute atomic E-state index is 0.0545. The van der Waals surface area contributed by atoms with Gasteiger partial charge in [-0.25, -0.2) is 14.8 Å². The van der Waals surface area contributed by atoms with Crippen molar-refractivity contribution in [1.82, 2.24) is 20.1 Å². The van der Waals surface area contributed by atoms with E-state index in [2.05, 4.69) is 25.4 Å². The van der Waals surface area contributed by atoms with Crippen LogP contribution in [-0.2, 0) is 6.42 Å². The highest BCUT2D eigenvalue weighted by Gasteiger charge is 2.06. The first-order valence-corrected chi connectivity index (χ1v) is 5.24. The van der Waals surface area contributed by atoms with Crippen molar-refractivity contribution in [1.29, 1.82) is 0 Å². The van der Waals surface area contributed by atoms with E-state index in [1.165, 1.54) is 12.3 Å². The normalized spacial score (nSPS) is 10.3. The Hall–Kier alpha value is -2.51. The second-order valence-electron chi connectivity index (χ2n) is 3.48. The van der Waals surface area contributed by atoms with Gasteiger partial charge in [0.25, 0.3) is 0 Å². The molecule has 0 unspecified atom stereocenters. The zero-order chi connectivity index (χ0) is 13.0. The monoisotopic (exact) mass is 249 g/mol. The Balaban J connectivity index is 1.90. The fourth-order valence-electron chi connectivity index (χ4n) is 1.29. The standard InChI is InChI=1S/C10H11N5O3/c1-6-13-8(18-15-6)3-5-12-10-11-4-2-7(14-10)9(16)17/h2,4H,3,5H2,1H3,(H,16,17)(H,11,12,14). The summed E-state index contributed by atoms with van der Waals surface area (Å²) in [5, 5.41) is 15.3. The zero-order valence-corrected chi connectivity index (χ0v) is 9.62. The smallest absolute Gasteiger partial charge is 0.354 e. The molecule has 0 fully saturated rings. The van der Waals surface area contributed by atoms with Crippen molar-refractivity contribution in [2.24, 2.45) is 0 Å². The predicted molar refractivity (Wildman–Crippen MR) is 60.2 cm³/mol. The van der Waals surface area contributed by atoms with Crippen molar-refractivity contribution in [3.63, 3.8) is 0 Å². The third-order valence-corrected chi connectivity index (χ3v) is 2.07. The number of hydrogen-bond donors (Lipinski definition) is 2. The Labute approximate surface area is 102 Å². The summed E-state index contributed by atoms with van der Waals surface area (Å²) in [6.45, 7) is 2.21. The van der Waals surface area contributed by atoms with E-state index in [1.54, 1.807) is 6.92 Å². The van der Waals surface area contributed by atoms with Gasteiger partial charge in [-0.3, -0.25) is 0 Å². The lowest BCUT2D eigenvalue weighted by Gasteiger charge is -2.02. The molecule has 0 spiro atoms. The largest absolute Gasteiger partial charge is 0.477 e. The molecule has 0 bridgehead atoms. The fraction of sp³-hybridized carbons (Fsp3) is 0.300. The van der Waals surface area contributed by atoms with Crippen LogP contribution < -0.4 is 5.32 Å². The van der Waals surface area contributed by atoms with E-state index >= 15 is 0 Å². The summed E-state index contributed by atoms with van der Waals surface area (Å²) in [6, 6.07) is 1.33. The predicted octanol–water partition coefficient (Wildman–Crippen LogP) is 0.521. The third kappa shape index (κ3) is 3.00. The molecule has 0 aliphatic carbocycles. The summed E-state index contributed by atoms with van der Waals surface area (Å²) in [4.78, 5) is 22.5. The summed E-state index contributed by atoms with van der Waals surface area (Å²) in [5.74, 6) is 0.252. The Morgan fingerprint density at radius 2 is 2.33 bits per heavy atom. The van der Waals surface area contributed by atoms with Crippen LogP contribution in [0.2, 0.25) is 0 Å². The number of aromatic nitrogens is 4. The molecule has 0 atom stereocenters. The van der Waals surface area contributed by atoms with Gasteiger partial charge in [0.05, 0.1) is 0 Å². The Bertz CT molecular complexity index is 554. The molecule has 2 aromatic rings. The summed E-state index contributed by atoms with van der Waals surface area (Å²) in [7, 11) is 0. The van der Waals surface area contributed by atoms with Crippen LogP contribution in [-0.4, -0.2) is 37.7 Å². The Kier molecular flexibility index (Phi) is 3.46. The van der Waals surface area contributed by atoms with Gasteiger partial charge >= 0.3 is 5.97 Å². The number of carboxylic acid groups (broad SMARTS) is 1. The van der Waals surface area contributed by atoms with Gasteiger partial charge in [0.1, 0.15) is 0 Å². The van der Waals surface area contributed by atoms with Crippen LogP contribution in [0, 0.1) is 6.92 Å². The van der Waals surface area contributed by atoms with Gasteiger partial charge in [-0.05, 0) is 13.0 Å². The van der Waals surface area contributed by atoms with E-state index in [9.17, 15) is 4.79 Å². The van der Waals surface area contributed by atoms with Crippen molar-refractivity contribution in [2.75, 3.05) is 11.9 Å². The summed E-state index contributed by atoms with van der Waals surface area (Å²) in [5.41, 5.74) is -0.0545. The van der Waals surface area contributed by atoms with Crippen LogP contribution >= 0.6 is 0 Å². The molecule has 0 saturated carbocycles. The topological polar surface area (TPSA) is 114 Å². The summed E-state index contributed by atoms with van der Waals surface area (Å²) < 4.78 is 4.93. The average Bonchev–Trinajstić information content (AvgIpc) is 2.75. The molecule has 0 saturated heterocycles. The molecule has 8 heteroatoms. The molecule has 0 radical (unpaired) electrons. The van der Waals surface area contributed by atoms with Crippen molar-refractivity contribution >= 4 is 11.9 Å². The number of nitrogens with zero attached hydrogens (tertiary/aromatic N) is 4. The van der Waals surface area contributed by atoms with Crippen LogP contribution in [0.3, 0.4) is 0 Å². The van der Waals surface area contributed by atoms with Crippen molar-refractivity contribution in [3.8, 4) is 0 Å². The molecule has 2 heterocycles. The number of aryl methyl sites for hydroxylation is 1. The quantitative estimate of drug-likeness (QED) is 0.788. The maximum atomic E-state index is 10.7. The maximum Gasteiger partial charge on any atom is 0.354 e. The zero-order valence-electron chi connectivity index (χ0n) is 9.62. The van der Waals surface area contributed by atoms with Crippen LogP contribution in [0.5, 0.6) is 0 Å². The minimum Gasteiger partial charge on any atom is -0.477 e. The lowest BCUT2D eigenvalue weighted by molar-refractivity contribution is 0.0690. The van der Waals surface area contributed by atoms with Gasteiger partial charge < -0.3 is 14.9 Å². The van der Waals surface area contributed by atoms with E-state index < -0.39 is 5.97 Å². The SMILES string of the molecule is Cc1noc(CCNc2nccc(C(=O)O)n2)n1. The fourth-order valence-corrected chi connectivity index (χ4v) is 1.29. The second kappa shape index (κ2) is 5.21. The number of aromatic carboxylic acids is 1. The highest BCUT2D eigenvalue weighted by molar-refractivity contribution is 5.85. The highest BCUT2D eigenvalue weighted by Crippen LogP contribution is 2.02. The molecular formula is C10H11N5O3. The molecule has 0 aliphatic rings. The molecule has 0 aromatic carbocycles. The van der Waals surface area contributed by atoms with E-state index in [0.29, 0.717) is 24.7 Å². The lowest BCUT2D eigenvalue weighted by Crippen LogP contribution is -2.10. The van der Waals surface area contributed by atoms with Crippen LogP contribution in [0.1, 0.15) is 22.2 Å². The minimum atomic E-state index is -1.09. The van der Waals surface area contributed by atoms with Gasteiger partial charge in [0.2, 0.25) is 11.8 Å². The molecule has 18 heavy (non-hydrogen) atoms. The number of anilines is 1. The number of hydrogen-bond acceptors (Lipinski definition) is 7. The van der Waals surface area contributed by atoms with E-state index in [4.69, 9.17) is 9.63 Å². The van der Waals surface area contributed by atoms with Gasteiger partial charge in [0, 0.05) is 19.2 Å². The molecule has 0 amide bonds. The maximum absolute atomic E-state index is 10.7. The number of nitrogens with one attached hydrogen (secondary N) is 1. The molecule has 2 rings (SSSR count). The molecule has 0 aliphatic heterocycles. The number of carbonyl (C=O) groups is 1. The van der Waals surface area contributed by atoms with E-state index in [0.717, 1.165) is 0 Å². The molecule has 2 N–H and O–H groups in total. The Morgan fingerprint density at radius 3 is 3.00 bits per heavy atom. The van der Waals surface area contributed by atoms with Gasteiger partial charge in [-0.2, -0.15) is 4.98 Å². The first-order chi connectivity index (χ1) is 8.65. The second-order valence-corrected chi connectivity index (χ2v) is 3.48. The average molecular weight is 249 g/mol. The first-order valence-electron chi connectivity index (χ1n) is 5.24. The molecule has 94 valence electrons. The lowest BCUT2D eigenvalue weighted by atomic mass is 10.4. The Morgan fingerprint density at radius 1 is 1.50 bits per heavy atom. The van der Waals surface area contributed by atoms with Crippen molar-refractivity contribution in [2.45, 2.75) is 13.3 Å². The third-order valence-electron chi connectivity index (χ3n) is 2.07. The van der Waals surface area contributed by atoms with Gasteiger partial charge in [0.15, 0.2) is 11.5 Å². The number of carboxylic acids is 1. The van der Waals surface area contributed by atoms with Crippen LogP contribution in [0.25, 0.3) is 0 Å². The van der Waals surface area contributed by atoms with E-state index in [1.807, 2.05) is 0 Å². The van der Waals surface area contributed by atoms with Gasteiger partial charge in [-0.1, -0.05) is 5.16 Å². The van der Waals surface area contributed by atoms with Crippen molar-refractivity contribution < 1.29 is 14.4 Å². The molecule has 2 aromatic heterocycles. The highest BCUT2D eigenvalue weighted by atomic mass is 16.5. The van der Waals surface area contributed by atoms with Crippen molar-refractivity contribution in [3.05, 3.63) is 29.7 Å². The number of rotatable bonds is 5. The first kappa shape index (κ1) is 12.0. The van der Waals surface area contributed by atoms with Gasteiger partial charge in [-0.15, -0.1) is 0 Å². The summed E-state index contributed by atoms with van der Waals surface area (Å²) >= 11 is 0. The van der Waals surface area contributed by atoms with Crippen LogP contribution in [0.15, 0.2) is 16.8 Å². The van der Waals surface area contributed by atoms with E-state index in [-0.39, 0.29) is 11.6 Å².